The third-order valence-corrected chi connectivity index (χ3v) is 8.09. The van der Waals surface area contributed by atoms with Crippen molar-refractivity contribution >= 4 is 17.5 Å². The number of pyridine rings is 1. The molecule has 0 unspecified atom stereocenters. The number of likely N-dealkylation sites (N-methyl/N-ethyl adjacent to an activating group) is 1. The highest BCUT2D eigenvalue weighted by molar-refractivity contribution is 5.98. The molecule has 2 aliphatic rings. The maximum atomic E-state index is 13.1. The van der Waals surface area contributed by atoms with Crippen LogP contribution in [-0.4, -0.2) is 76.7 Å². The Bertz CT molecular complexity index is 1440. The van der Waals surface area contributed by atoms with Crippen LogP contribution in [0.3, 0.4) is 0 Å². The molecule has 3 aromatic rings. The molecule has 5 rings (SSSR count). The summed E-state index contributed by atoms with van der Waals surface area (Å²) in [6, 6.07) is 19.0. The van der Waals surface area contributed by atoms with Crippen LogP contribution in [0.15, 0.2) is 72.9 Å². The number of carbonyl (C=O) groups is 2. The van der Waals surface area contributed by atoms with Crippen LogP contribution >= 0.6 is 0 Å². The molecule has 2 aromatic carbocycles. The summed E-state index contributed by atoms with van der Waals surface area (Å²) in [5.74, 6) is -2.69. The molecule has 3 heterocycles. The van der Waals surface area contributed by atoms with E-state index in [4.69, 9.17) is 9.47 Å². The van der Waals surface area contributed by atoms with Crippen molar-refractivity contribution in [3.63, 3.8) is 0 Å². The van der Waals surface area contributed by atoms with Gasteiger partial charge in [0, 0.05) is 55.6 Å². The van der Waals surface area contributed by atoms with E-state index in [2.05, 4.69) is 15.2 Å². The normalized spacial score (nSPS) is 22.0. The first-order chi connectivity index (χ1) is 21.6. The summed E-state index contributed by atoms with van der Waals surface area (Å²) in [4.78, 5) is 32.0. The van der Waals surface area contributed by atoms with E-state index in [0.29, 0.717) is 35.5 Å². The van der Waals surface area contributed by atoms with Gasteiger partial charge in [0.25, 0.3) is 0 Å². The first kappa shape index (κ1) is 32.6. The minimum atomic E-state index is -5.05. The second kappa shape index (κ2) is 14.5. The Morgan fingerprint density at radius 2 is 1.87 bits per heavy atom. The number of likely N-dealkylation sites (tertiary alicyclic amines) is 1. The Hall–Kier alpha value is -3.84. The van der Waals surface area contributed by atoms with Gasteiger partial charge in [-0.15, -0.1) is 0 Å². The van der Waals surface area contributed by atoms with Gasteiger partial charge in [0.15, 0.2) is 6.29 Å². The predicted molar refractivity (Wildman–Crippen MR) is 160 cm³/mol. The average molecular weight is 627 g/mol. The van der Waals surface area contributed by atoms with E-state index < -0.39 is 30.3 Å². The smallest absolute Gasteiger partial charge is 0.392 e. The van der Waals surface area contributed by atoms with Gasteiger partial charge in [0.2, 0.25) is 5.91 Å². The van der Waals surface area contributed by atoms with E-state index in [0.717, 1.165) is 29.8 Å². The van der Waals surface area contributed by atoms with E-state index in [9.17, 15) is 27.9 Å². The first-order valence-electron chi connectivity index (χ1n) is 15.0. The number of anilines is 1. The zero-order valence-corrected chi connectivity index (χ0v) is 25.0. The number of rotatable bonds is 10. The van der Waals surface area contributed by atoms with Gasteiger partial charge in [0.1, 0.15) is 6.04 Å². The van der Waals surface area contributed by atoms with Crippen molar-refractivity contribution in [3.05, 3.63) is 95.3 Å². The van der Waals surface area contributed by atoms with Crippen LogP contribution in [0.1, 0.15) is 54.0 Å². The van der Waals surface area contributed by atoms with E-state index in [1.54, 1.807) is 30.5 Å². The number of aromatic nitrogens is 1. The van der Waals surface area contributed by atoms with Crippen molar-refractivity contribution < 1.29 is 37.3 Å². The molecule has 9 nitrogen and oxygen atoms in total. The van der Waals surface area contributed by atoms with Gasteiger partial charge in [-0.2, -0.15) is 13.2 Å². The molecule has 2 fully saturated rings. The zero-order valence-electron chi connectivity index (χ0n) is 25.0. The monoisotopic (exact) mass is 626 g/mol. The molecule has 0 saturated carbocycles. The van der Waals surface area contributed by atoms with Gasteiger partial charge in [-0.1, -0.05) is 42.5 Å². The van der Waals surface area contributed by atoms with Crippen LogP contribution in [-0.2, 0) is 32.1 Å². The molecule has 0 aliphatic carbocycles. The minimum absolute atomic E-state index is 0.0667. The van der Waals surface area contributed by atoms with Crippen LogP contribution < -0.4 is 5.32 Å². The highest BCUT2D eigenvalue weighted by atomic mass is 19.4. The molecular formula is C33H37F3N4O5. The van der Waals surface area contributed by atoms with E-state index in [1.165, 1.54) is 0 Å². The third-order valence-electron chi connectivity index (χ3n) is 8.09. The maximum Gasteiger partial charge on any atom is 0.471 e. The van der Waals surface area contributed by atoms with E-state index in [1.807, 2.05) is 49.5 Å². The van der Waals surface area contributed by atoms with Crippen LogP contribution in [0, 0.1) is 0 Å². The summed E-state index contributed by atoms with van der Waals surface area (Å²) in [6.07, 6.45) is -2.76. The zero-order chi connectivity index (χ0) is 32.0. The molecule has 0 bridgehead atoms. The number of halogens is 3. The Morgan fingerprint density at radius 3 is 2.58 bits per heavy atom. The fourth-order valence-electron chi connectivity index (χ4n) is 5.76. The van der Waals surface area contributed by atoms with Gasteiger partial charge in [-0.05, 0) is 55.3 Å². The number of alkyl halides is 3. The number of benzene rings is 2. The molecule has 0 spiro atoms. The SMILES string of the molecule is CN(CCc1ccccn1)C[C@@H]1C[C@H](c2ccc(CO)cc2)O[C@H](c2cccc(NC(=O)[C@@H]3CCCN3C(=O)C(F)(F)F)c2)O1. The largest absolute Gasteiger partial charge is 0.471 e. The highest BCUT2D eigenvalue weighted by Crippen LogP contribution is 2.39. The summed E-state index contributed by atoms with van der Waals surface area (Å²) in [5.41, 5.74) is 3.70. The molecule has 2 N–H and O–H groups in total. The van der Waals surface area contributed by atoms with Crippen LogP contribution in [0.25, 0.3) is 0 Å². The topological polar surface area (TPSA) is 104 Å². The Kier molecular flexibility index (Phi) is 10.5. The standard InChI is InChI=1S/C33H37F3N4O5/c1-39(17-14-25-7-2-3-15-37-25)20-27-19-29(23-12-10-22(21-41)11-13-23)45-31(44-27)24-6-4-8-26(18-24)38-30(42)28-9-5-16-40(28)32(43)33(34,35)36/h2-4,6-8,10-13,15,18,27-29,31,41H,5,9,14,16-17,19-21H2,1H3,(H,38,42)/t27-,28-,29+,31+/m0/s1. The molecule has 12 heteroatoms. The van der Waals surface area contributed by atoms with Crippen molar-refractivity contribution in [1.29, 1.82) is 0 Å². The lowest BCUT2D eigenvalue weighted by Gasteiger charge is -2.38. The number of hydrogen-bond acceptors (Lipinski definition) is 7. The van der Waals surface area contributed by atoms with Crippen molar-refractivity contribution in [2.75, 3.05) is 32.0 Å². The maximum absolute atomic E-state index is 13.1. The number of aliphatic hydroxyl groups excluding tert-OH is 1. The van der Waals surface area contributed by atoms with Crippen LogP contribution in [0.4, 0.5) is 18.9 Å². The number of ether oxygens (including phenoxy) is 2. The predicted octanol–water partition coefficient (Wildman–Crippen LogP) is 4.79. The summed E-state index contributed by atoms with van der Waals surface area (Å²) in [7, 11) is 2.02. The van der Waals surface area contributed by atoms with Crippen LogP contribution in [0.5, 0.6) is 0 Å². The lowest BCUT2D eigenvalue weighted by molar-refractivity contribution is -0.252. The molecule has 240 valence electrons. The summed E-state index contributed by atoms with van der Waals surface area (Å²) < 4.78 is 52.1. The quantitative estimate of drug-likeness (QED) is 0.334. The fourth-order valence-corrected chi connectivity index (χ4v) is 5.76. The summed E-state index contributed by atoms with van der Waals surface area (Å²) in [6.45, 7) is 1.20. The average Bonchev–Trinajstić information content (AvgIpc) is 3.54. The van der Waals surface area contributed by atoms with Gasteiger partial charge in [0.05, 0.1) is 18.8 Å². The minimum Gasteiger partial charge on any atom is -0.392 e. The summed E-state index contributed by atoms with van der Waals surface area (Å²) >= 11 is 0. The number of nitrogens with one attached hydrogen (secondary N) is 1. The number of aliphatic hydroxyl groups is 1. The molecule has 4 atom stereocenters. The Labute approximate surface area is 260 Å². The number of nitrogens with zero attached hydrogens (tertiary/aromatic N) is 3. The van der Waals surface area contributed by atoms with E-state index in [-0.39, 0.29) is 31.8 Å². The highest BCUT2D eigenvalue weighted by Gasteiger charge is 2.47. The lowest BCUT2D eigenvalue weighted by atomic mass is 9.99. The van der Waals surface area contributed by atoms with Crippen molar-refractivity contribution in [1.82, 2.24) is 14.8 Å². The first-order valence-corrected chi connectivity index (χ1v) is 15.0. The van der Waals surface area contributed by atoms with Gasteiger partial charge in [-0.3, -0.25) is 14.6 Å². The third kappa shape index (κ3) is 8.46. The fraction of sp³-hybridized carbons (Fsp3) is 0.424. The van der Waals surface area contributed by atoms with Crippen molar-refractivity contribution in [3.8, 4) is 0 Å². The number of amides is 2. The van der Waals surface area contributed by atoms with Crippen molar-refractivity contribution in [2.45, 2.75) is 63.0 Å². The Morgan fingerprint density at radius 1 is 1.07 bits per heavy atom. The number of carbonyl (C=O) groups excluding carboxylic acids is 2. The molecule has 1 aromatic heterocycles. The second-order valence-corrected chi connectivity index (χ2v) is 11.5. The second-order valence-electron chi connectivity index (χ2n) is 11.5. The molecule has 2 aliphatic heterocycles. The molecule has 0 radical (unpaired) electrons. The molecular weight excluding hydrogens is 589 g/mol. The summed E-state index contributed by atoms with van der Waals surface area (Å²) in [5, 5.41) is 12.2. The number of hydrogen-bond donors (Lipinski definition) is 2. The van der Waals surface area contributed by atoms with Gasteiger partial charge < -0.3 is 29.7 Å². The Balaban J connectivity index is 1.30. The van der Waals surface area contributed by atoms with E-state index >= 15 is 0 Å². The van der Waals surface area contributed by atoms with Crippen LogP contribution in [0.2, 0.25) is 0 Å². The molecule has 2 amide bonds. The lowest BCUT2D eigenvalue weighted by Crippen LogP contribution is -2.48. The van der Waals surface area contributed by atoms with Gasteiger partial charge >= 0.3 is 12.1 Å². The van der Waals surface area contributed by atoms with Crippen molar-refractivity contribution in [2.24, 2.45) is 0 Å². The molecule has 45 heavy (non-hydrogen) atoms. The van der Waals surface area contributed by atoms with Gasteiger partial charge in [-0.25, -0.2) is 0 Å². The molecule has 2 saturated heterocycles.